The van der Waals surface area contributed by atoms with E-state index in [1.807, 2.05) is 31.2 Å². The summed E-state index contributed by atoms with van der Waals surface area (Å²) in [4.78, 5) is 0. The summed E-state index contributed by atoms with van der Waals surface area (Å²) < 4.78 is 30.1. The van der Waals surface area contributed by atoms with Crippen molar-refractivity contribution in [1.82, 2.24) is 0 Å². The Morgan fingerprint density at radius 2 is 1.56 bits per heavy atom. The van der Waals surface area contributed by atoms with E-state index >= 15 is 4.39 Å². The molecule has 2 heteroatoms. The Morgan fingerprint density at radius 1 is 0.794 bits per heavy atom. The second-order valence-corrected chi connectivity index (χ2v) is 10.5. The number of hydrogen-bond acceptors (Lipinski definition) is 0. The Kier molecular flexibility index (Phi) is 8.75. The van der Waals surface area contributed by atoms with Gasteiger partial charge in [0.05, 0.1) is 0 Å². The van der Waals surface area contributed by atoms with Crippen LogP contribution in [0.1, 0.15) is 88.7 Å². The third kappa shape index (κ3) is 6.06. The second-order valence-electron chi connectivity index (χ2n) is 10.5. The van der Waals surface area contributed by atoms with Crippen LogP contribution in [0.3, 0.4) is 0 Å². The predicted octanol–water partition coefficient (Wildman–Crippen LogP) is 9.80. The van der Waals surface area contributed by atoms with Gasteiger partial charge in [-0.05, 0) is 124 Å². The maximum Gasteiger partial charge on any atom is 0.131 e. The van der Waals surface area contributed by atoms with Gasteiger partial charge in [0, 0.05) is 5.56 Å². The lowest BCUT2D eigenvalue weighted by atomic mass is 9.63. The molecule has 2 aliphatic carbocycles. The normalized spacial score (nSPS) is 25.2. The van der Waals surface area contributed by atoms with Gasteiger partial charge in [-0.15, -0.1) is 0 Å². The van der Waals surface area contributed by atoms with Crippen LogP contribution in [0.2, 0.25) is 0 Å². The SMILES string of the molecule is C/C=C/CCc1ccc(-c2ccc(C3CCC4CC(CC/C=C/C)CCC4C3)c(F)c2)c(F)c1. The van der Waals surface area contributed by atoms with Crippen molar-refractivity contribution in [1.29, 1.82) is 0 Å². The van der Waals surface area contributed by atoms with E-state index < -0.39 is 0 Å². The van der Waals surface area contributed by atoms with Crippen molar-refractivity contribution >= 4 is 0 Å². The lowest BCUT2D eigenvalue weighted by Crippen LogP contribution is -2.30. The molecular weight excluding hydrogens is 422 g/mol. The molecule has 2 aromatic carbocycles. The monoisotopic (exact) mass is 462 g/mol. The zero-order valence-electron chi connectivity index (χ0n) is 20.9. The highest BCUT2D eigenvalue weighted by Gasteiger charge is 2.36. The third-order valence-corrected chi connectivity index (χ3v) is 8.32. The van der Waals surface area contributed by atoms with Crippen molar-refractivity contribution in [3.63, 3.8) is 0 Å². The molecule has 2 aromatic rings. The average molecular weight is 463 g/mol. The van der Waals surface area contributed by atoms with Gasteiger partial charge >= 0.3 is 0 Å². The largest absolute Gasteiger partial charge is 0.207 e. The summed E-state index contributed by atoms with van der Waals surface area (Å²) >= 11 is 0. The Hall–Kier alpha value is -2.22. The highest BCUT2D eigenvalue weighted by molar-refractivity contribution is 5.65. The summed E-state index contributed by atoms with van der Waals surface area (Å²) in [5.41, 5.74) is 2.93. The number of benzene rings is 2. The van der Waals surface area contributed by atoms with Gasteiger partial charge in [-0.1, -0.05) is 55.0 Å². The van der Waals surface area contributed by atoms with Crippen LogP contribution in [-0.2, 0) is 6.42 Å². The zero-order valence-corrected chi connectivity index (χ0v) is 20.9. The Bertz CT molecular complexity index is 1000. The summed E-state index contributed by atoms with van der Waals surface area (Å²) in [5, 5.41) is 0. The standard InChI is InChI=1S/C32H40F2/c1-3-5-7-9-23-11-13-26-21-27(15-14-25(26)19-23)30-18-16-28(22-32(30)34)29-17-12-24(20-31(29)33)10-8-6-4-2/h3-6,12,16-18,20,22-23,25-27H,7-11,13-15,19,21H2,1-2H3/b5-3+,6-4+. The van der Waals surface area contributed by atoms with Gasteiger partial charge in [-0.2, -0.15) is 0 Å². The summed E-state index contributed by atoms with van der Waals surface area (Å²) in [7, 11) is 0. The van der Waals surface area contributed by atoms with Crippen molar-refractivity contribution in [2.75, 3.05) is 0 Å². The Labute approximate surface area is 205 Å². The van der Waals surface area contributed by atoms with Crippen molar-refractivity contribution in [2.24, 2.45) is 17.8 Å². The summed E-state index contributed by atoms with van der Waals surface area (Å²) in [6.45, 7) is 4.09. The smallest absolute Gasteiger partial charge is 0.131 e. The van der Waals surface area contributed by atoms with Crippen LogP contribution in [0, 0.1) is 29.4 Å². The lowest BCUT2D eigenvalue weighted by molar-refractivity contribution is 0.114. The second kappa shape index (κ2) is 12.0. The first-order valence-electron chi connectivity index (χ1n) is 13.4. The number of allylic oxidation sites excluding steroid dienone is 4. The molecule has 4 unspecified atom stereocenters. The summed E-state index contributed by atoms with van der Waals surface area (Å²) in [6.07, 6.45) is 20.2. The number of halogens is 2. The highest BCUT2D eigenvalue weighted by Crippen LogP contribution is 2.49. The van der Waals surface area contributed by atoms with Gasteiger partial charge in [0.1, 0.15) is 11.6 Å². The van der Waals surface area contributed by atoms with Crippen molar-refractivity contribution in [3.05, 3.63) is 83.5 Å². The average Bonchev–Trinajstić information content (AvgIpc) is 2.84. The van der Waals surface area contributed by atoms with E-state index in [1.54, 1.807) is 18.2 Å². The lowest BCUT2D eigenvalue weighted by Gasteiger charge is -2.42. The fraction of sp³-hybridized carbons (Fsp3) is 0.500. The number of rotatable bonds is 8. The zero-order chi connectivity index (χ0) is 23.9. The van der Waals surface area contributed by atoms with Crippen LogP contribution >= 0.6 is 0 Å². The van der Waals surface area contributed by atoms with Crippen molar-refractivity contribution < 1.29 is 8.78 Å². The van der Waals surface area contributed by atoms with Gasteiger partial charge in [-0.25, -0.2) is 8.78 Å². The van der Waals surface area contributed by atoms with E-state index in [-0.39, 0.29) is 11.6 Å². The van der Waals surface area contributed by atoms with E-state index in [0.717, 1.165) is 54.6 Å². The topological polar surface area (TPSA) is 0 Å². The summed E-state index contributed by atoms with van der Waals surface area (Å²) in [5.74, 6) is 2.30. The van der Waals surface area contributed by atoms with Crippen LogP contribution in [0.25, 0.3) is 11.1 Å². The molecule has 4 atom stereocenters. The van der Waals surface area contributed by atoms with E-state index in [1.165, 1.54) is 38.5 Å². The molecular formula is C32H40F2. The van der Waals surface area contributed by atoms with E-state index in [4.69, 9.17) is 0 Å². The summed E-state index contributed by atoms with van der Waals surface area (Å²) in [6, 6.07) is 10.8. The molecule has 0 aromatic heterocycles. The molecule has 0 amide bonds. The van der Waals surface area contributed by atoms with E-state index in [9.17, 15) is 4.39 Å². The Morgan fingerprint density at radius 3 is 2.32 bits per heavy atom. The molecule has 0 heterocycles. The minimum absolute atomic E-state index is 0.169. The van der Waals surface area contributed by atoms with E-state index in [0.29, 0.717) is 17.0 Å². The van der Waals surface area contributed by atoms with E-state index in [2.05, 4.69) is 25.2 Å². The molecule has 2 aliphatic rings. The third-order valence-electron chi connectivity index (χ3n) is 8.32. The van der Waals surface area contributed by atoms with Gasteiger partial charge in [0.25, 0.3) is 0 Å². The molecule has 0 radical (unpaired) electrons. The van der Waals surface area contributed by atoms with Crippen LogP contribution in [0.15, 0.2) is 60.7 Å². The quantitative estimate of drug-likeness (QED) is 0.342. The molecule has 2 saturated carbocycles. The molecule has 0 spiro atoms. The number of aryl methyl sites for hydroxylation is 1. The van der Waals surface area contributed by atoms with Gasteiger partial charge < -0.3 is 0 Å². The molecule has 2 fully saturated rings. The van der Waals surface area contributed by atoms with Gasteiger partial charge in [-0.3, -0.25) is 0 Å². The van der Waals surface area contributed by atoms with Gasteiger partial charge in [0.2, 0.25) is 0 Å². The molecule has 4 rings (SSSR count). The first kappa shape index (κ1) is 24.9. The van der Waals surface area contributed by atoms with Crippen molar-refractivity contribution in [3.8, 4) is 11.1 Å². The molecule has 0 nitrogen and oxygen atoms in total. The first-order chi connectivity index (χ1) is 16.6. The molecule has 0 bridgehead atoms. The van der Waals surface area contributed by atoms with Crippen LogP contribution in [0.4, 0.5) is 8.78 Å². The fourth-order valence-corrected chi connectivity index (χ4v) is 6.42. The number of hydrogen-bond donors (Lipinski definition) is 0. The predicted molar refractivity (Wildman–Crippen MR) is 140 cm³/mol. The van der Waals surface area contributed by atoms with Crippen molar-refractivity contribution in [2.45, 2.75) is 84.0 Å². The van der Waals surface area contributed by atoms with Crippen LogP contribution in [-0.4, -0.2) is 0 Å². The molecule has 182 valence electrons. The minimum Gasteiger partial charge on any atom is -0.207 e. The molecule has 0 N–H and O–H groups in total. The van der Waals surface area contributed by atoms with Crippen LogP contribution in [0.5, 0.6) is 0 Å². The first-order valence-corrected chi connectivity index (χ1v) is 13.4. The maximum atomic E-state index is 15.3. The fourth-order valence-electron chi connectivity index (χ4n) is 6.42. The van der Waals surface area contributed by atoms with Gasteiger partial charge in [0.15, 0.2) is 0 Å². The maximum absolute atomic E-state index is 15.3. The molecule has 34 heavy (non-hydrogen) atoms. The molecule has 0 saturated heterocycles. The number of fused-ring (bicyclic) bond motifs is 1. The molecule has 0 aliphatic heterocycles. The van der Waals surface area contributed by atoms with Crippen LogP contribution < -0.4 is 0 Å². The Balaban J connectivity index is 1.40. The highest BCUT2D eigenvalue weighted by atomic mass is 19.1. The minimum atomic E-state index is -0.267.